The lowest BCUT2D eigenvalue weighted by Crippen LogP contribution is -2.02. The largest absolute Gasteiger partial charge is 0.493 e. The summed E-state index contributed by atoms with van der Waals surface area (Å²) < 4.78 is 32.2. The topological polar surface area (TPSA) is 92.6 Å². The number of halogens is 2. The number of para-hydroxylation sites is 1. The van der Waals surface area contributed by atoms with E-state index in [2.05, 4.69) is 19.9 Å². The zero-order valence-corrected chi connectivity index (χ0v) is 18.7. The van der Waals surface area contributed by atoms with Crippen LogP contribution in [0.1, 0.15) is 30.5 Å². The number of aryl methyl sites for hydroxylation is 1. The number of nitrogens with two attached hydrogens (primary N) is 1. The fourth-order valence-corrected chi connectivity index (χ4v) is 3.87. The molecule has 34 heavy (non-hydrogen) atoms. The molecule has 1 aliphatic carbocycles. The third-order valence-corrected chi connectivity index (χ3v) is 5.85. The van der Waals surface area contributed by atoms with Gasteiger partial charge in [0.25, 0.3) is 6.43 Å². The van der Waals surface area contributed by atoms with Crippen LogP contribution in [0.4, 0.5) is 14.5 Å². The minimum atomic E-state index is -2.54. The van der Waals surface area contributed by atoms with Gasteiger partial charge in [-0.05, 0) is 62.1 Å². The van der Waals surface area contributed by atoms with E-state index < -0.39 is 6.43 Å². The highest BCUT2D eigenvalue weighted by atomic mass is 19.3. The van der Waals surface area contributed by atoms with Gasteiger partial charge >= 0.3 is 0 Å². The Labute approximate surface area is 195 Å². The first-order valence-corrected chi connectivity index (χ1v) is 11.2. The minimum Gasteiger partial charge on any atom is -0.493 e. The van der Waals surface area contributed by atoms with E-state index in [0.717, 1.165) is 40.8 Å². The van der Waals surface area contributed by atoms with Crippen LogP contribution in [-0.4, -0.2) is 26.5 Å². The van der Waals surface area contributed by atoms with E-state index in [1.165, 1.54) is 23.8 Å². The average Bonchev–Trinajstić information content (AvgIpc) is 3.37. The number of benzene rings is 2. The number of fused-ring (bicyclic) bond motifs is 2. The first-order valence-electron chi connectivity index (χ1n) is 11.2. The molecule has 1 aliphatic rings. The number of nitrogens with zero attached hydrogens (tertiary/aromatic N) is 2. The molecule has 2 aromatic carbocycles. The molecule has 174 valence electrons. The van der Waals surface area contributed by atoms with Gasteiger partial charge in [-0.25, -0.2) is 18.7 Å². The second-order valence-electron chi connectivity index (χ2n) is 8.53. The molecule has 0 aliphatic heterocycles. The molecular formula is C26H25F2N5O. The predicted octanol–water partition coefficient (Wildman–Crippen LogP) is 6.41. The molecule has 0 atom stereocenters. The van der Waals surface area contributed by atoms with Crippen LogP contribution in [0, 0.1) is 12.8 Å². The number of H-pyrrole nitrogens is 2. The van der Waals surface area contributed by atoms with Crippen LogP contribution in [0.25, 0.3) is 33.2 Å². The molecule has 3 aromatic heterocycles. The van der Waals surface area contributed by atoms with Crippen molar-refractivity contribution in [2.75, 3.05) is 12.3 Å². The lowest BCUT2D eigenvalue weighted by atomic mass is 10.1. The first kappa shape index (κ1) is 21.9. The van der Waals surface area contributed by atoms with Crippen LogP contribution < -0.4 is 10.5 Å². The molecule has 0 radical (unpaired) electrons. The lowest BCUT2D eigenvalue weighted by Gasteiger charge is -2.13. The summed E-state index contributed by atoms with van der Waals surface area (Å²) >= 11 is 0. The number of nitrogen functional groups attached to an aromatic ring is 1. The molecule has 0 amide bonds. The van der Waals surface area contributed by atoms with Crippen molar-refractivity contribution in [3.8, 4) is 17.0 Å². The standard InChI is InChI=1S/C18H17F2N3O.C8H8N2/c1-10-6-14-17(23-10)16(22-9-21-14)13-7-12(18(19)20)4-5-15(13)24-8-11-2-3-11;9-7-3-1-2-6-4-5-10-8(6)7/h4-7,9,11,18,23H,2-3,8H2,1H3;1-5,10H,9H2. The van der Waals surface area contributed by atoms with Crippen molar-refractivity contribution in [2.24, 2.45) is 5.92 Å². The monoisotopic (exact) mass is 461 g/mol. The van der Waals surface area contributed by atoms with Crippen molar-refractivity contribution in [1.82, 2.24) is 19.9 Å². The molecule has 8 heteroatoms. The number of rotatable bonds is 5. The van der Waals surface area contributed by atoms with E-state index in [4.69, 9.17) is 10.5 Å². The van der Waals surface area contributed by atoms with Gasteiger partial charge in [0.2, 0.25) is 0 Å². The van der Waals surface area contributed by atoms with E-state index in [1.807, 2.05) is 43.5 Å². The number of hydrogen-bond donors (Lipinski definition) is 3. The number of ether oxygens (including phenoxy) is 1. The van der Waals surface area contributed by atoms with Crippen LogP contribution in [0.5, 0.6) is 5.75 Å². The van der Waals surface area contributed by atoms with Gasteiger partial charge < -0.3 is 20.4 Å². The lowest BCUT2D eigenvalue weighted by molar-refractivity contribution is 0.151. The number of hydrogen-bond acceptors (Lipinski definition) is 4. The number of aromatic nitrogens is 4. The molecule has 0 unspecified atom stereocenters. The Morgan fingerprint density at radius 1 is 1.09 bits per heavy atom. The maximum atomic E-state index is 13.2. The Morgan fingerprint density at radius 2 is 1.94 bits per heavy atom. The molecule has 0 saturated heterocycles. The van der Waals surface area contributed by atoms with Gasteiger partial charge in [-0.2, -0.15) is 0 Å². The van der Waals surface area contributed by atoms with Gasteiger partial charge in [-0.1, -0.05) is 12.1 Å². The van der Waals surface area contributed by atoms with Crippen LogP contribution in [-0.2, 0) is 0 Å². The predicted molar refractivity (Wildman–Crippen MR) is 130 cm³/mol. The van der Waals surface area contributed by atoms with Crippen LogP contribution >= 0.6 is 0 Å². The van der Waals surface area contributed by atoms with Crippen molar-refractivity contribution in [1.29, 1.82) is 0 Å². The van der Waals surface area contributed by atoms with Crippen molar-refractivity contribution in [3.05, 3.63) is 72.3 Å². The SMILES string of the molecule is Cc1cc2ncnc(-c3cc(C(F)F)ccc3OCC3CC3)c2[nH]1.Nc1cccc2cc[nH]c12. The van der Waals surface area contributed by atoms with Crippen LogP contribution in [0.15, 0.2) is 61.1 Å². The summed E-state index contributed by atoms with van der Waals surface area (Å²) in [6.45, 7) is 2.53. The van der Waals surface area contributed by atoms with Gasteiger partial charge in [-0.3, -0.25) is 0 Å². The Balaban J connectivity index is 0.000000200. The second-order valence-corrected chi connectivity index (χ2v) is 8.53. The molecule has 1 fully saturated rings. The molecule has 0 bridgehead atoms. The zero-order valence-electron chi connectivity index (χ0n) is 18.7. The zero-order chi connectivity index (χ0) is 23.7. The highest BCUT2D eigenvalue weighted by Gasteiger charge is 2.23. The van der Waals surface area contributed by atoms with Crippen molar-refractivity contribution in [3.63, 3.8) is 0 Å². The van der Waals surface area contributed by atoms with Crippen molar-refractivity contribution >= 4 is 27.6 Å². The van der Waals surface area contributed by atoms with Gasteiger partial charge in [0.15, 0.2) is 0 Å². The Kier molecular flexibility index (Phi) is 5.88. The van der Waals surface area contributed by atoms with E-state index in [1.54, 1.807) is 6.07 Å². The second kappa shape index (κ2) is 9.13. The number of aromatic amines is 2. The molecule has 4 N–H and O–H groups in total. The van der Waals surface area contributed by atoms with E-state index in [0.29, 0.717) is 29.5 Å². The highest BCUT2D eigenvalue weighted by Crippen LogP contribution is 2.37. The normalized spacial score (nSPS) is 13.3. The first-order chi connectivity index (χ1) is 16.5. The Morgan fingerprint density at radius 3 is 2.71 bits per heavy atom. The van der Waals surface area contributed by atoms with Crippen LogP contribution in [0.2, 0.25) is 0 Å². The van der Waals surface area contributed by atoms with Crippen molar-refractivity contribution in [2.45, 2.75) is 26.2 Å². The fraction of sp³-hybridized carbons (Fsp3) is 0.231. The third-order valence-electron chi connectivity index (χ3n) is 5.85. The Bertz CT molecular complexity index is 1440. The fourth-order valence-electron chi connectivity index (χ4n) is 3.87. The van der Waals surface area contributed by atoms with Crippen molar-refractivity contribution < 1.29 is 13.5 Å². The maximum absolute atomic E-state index is 13.2. The van der Waals surface area contributed by atoms with Gasteiger partial charge in [0.05, 0.1) is 28.8 Å². The van der Waals surface area contributed by atoms with Gasteiger partial charge in [0.1, 0.15) is 17.8 Å². The average molecular weight is 462 g/mol. The molecule has 3 heterocycles. The number of nitrogens with one attached hydrogen (secondary N) is 2. The number of anilines is 1. The maximum Gasteiger partial charge on any atom is 0.263 e. The summed E-state index contributed by atoms with van der Waals surface area (Å²) in [5.41, 5.74) is 11.1. The summed E-state index contributed by atoms with van der Waals surface area (Å²) in [5.74, 6) is 1.16. The summed E-state index contributed by atoms with van der Waals surface area (Å²) in [7, 11) is 0. The molecule has 1 saturated carbocycles. The minimum absolute atomic E-state index is 0.0428. The third kappa shape index (κ3) is 4.57. The van der Waals surface area contributed by atoms with Gasteiger partial charge in [-0.15, -0.1) is 0 Å². The summed E-state index contributed by atoms with van der Waals surface area (Å²) in [6.07, 6.45) is 3.13. The summed E-state index contributed by atoms with van der Waals surface area (Å²) in [6, 6.07) is 14.3. The molecule has 6 rings (SSSR count). The molecule has 6 nitrogen and oxygen atoms in total. The quantitative estimate of drug-likeness (QED) is 0.264. The Hall–Kier alpha value is -3.94. The van der Waals surface area contributed by atoms with Crippen LogP contribution in [0.3, 0.4) is 0 Å². The summed E-state index contributed by atoms with van der Waals surface area (Å²) in [4.78, 5) is 14.8. The van der Waals surface area contributed by atoms with E-state index >= 15 is 0 Å². The molecule has 5 aromatic rings. The smallest absolute Gasteiger partial charge is 0.263 e. The van der Waals surface area contributed by atoms with Gasteiger partial charge in [0, 0.05) is 28.4 Å². The van der Waals surface area contributed by atoms with E-state index in [9.17, 15) is 8.78 Å². The number of alkyl halides is 2. The highest BCUT2D eigenvalue weighted by molar-refractivity contribution is 5.91. The van der Waals surface area contributed by atoms with E-state index in [-0.39, 0.29) is 5.56 Å². The molecule has 0 spiro atoms. The summed E-state index contributed by atoms with van der Waals surface area (Å²) in [5, 5.41) is 1.17. The molecular weight excluding hydrogens is 436 g/mol.